The molecule has 1 saturated heterocycles. The Morgan fingerprint density at radius 1 is 1.18 bits per heavy atom. The molecule has 2 aromatic carbocycles. The topological polar surface area (TPSA) is 125 Å². The lowest BCUT2D eigenvalue weighted by atomic mass is 10.1. The first-order chi connectivity index (χ1) is 15.8. The van der Waals surface area contributed by atoms with Gasteiger partial charge in [0.05, 0.1) is 35.2 Å². The molecule has 0 bridgehead atoms. The number of benzene rings is 2. The van der Waals surface area contributed by atoms with Crippen molar-refractivity contribution in [3.05, 3.63) is 68.6 Å². The quantitative estimate of drug-likeness (QED) is 0.232. The highest BCUT2D eigenvalue weighted by Gasteiger charge is 2.37. The highest BCUT2D eigenvalue weighted by molar-refractivity contribution is 8.18. The fourth-order valence-electron chi connectivity index (χ4n) is 2.96. The number of imide groups is 1. The van der Waals surface area contributed by atoms with Gasteiger partial charge in [-0.2, -0.15) is 0 Å². The van der Waals surface area contributed by atoms with Crippen LogP contribution >= 0.6 is 11.8 Å². The molecule has 10 nitrogen and oxygen atoms in total. The fraction of sp³-hybridized carbons (Fsp3) is 0.227. The third kappa shape index (κ3) is 5.69. The lowest BCUT2D eigenvalue weighted by Crippen LogP contribution is -2.34. The number of hydrogen-bond donors (Lipinski definition) is 0. The molecule has 2 amide bonds. The van der Waals surface area contributed by atoms with Crippen molar-refractivity contribution in [2.45, 2.75) is 13.5 Å². The van der Waals surface area contributed by atoms with Crippen LogP contribution in [-0.4, -0.2) is 47.2 Å². The van der Waals surface area contributed by atoms with Gasteiger partial charge in [-0.3, -0.25) is 29.4 Å². The van der Waals surface area contributed by atoms with Gasteiger partial charge in [-0.15, -0.1) is 0 Å². The van der Waals surface area contributed by atoms with Gasteiger partial charge in [0.25, 0.3) is 16.8 Å². The third-order valence-electron chi connectivity index (χ3n) is 4.50. The van der Waals surface area contributed by atoms with E-state index in [9.17, 15) is 24.5 Å². The third-order valence-corrected chi connectivity index (χ3v) is 5.41. The van der Waals surface area contributed by atoms with Crippen molar-refractivity contribution in [1.29, 1.82) is 0 Å². The molecule has 0 aromatic heterocycles. The van der Waals surface area contributed by atoms with Crippen molar-refractivity contribution in [3.8, 4) is 11.5 Å². The highest BCUT2D eigenvalue weighted by atomic mass is 32.2. The molecule has 1 aliphatic heterocycles. The van der Waals surface area contributed by atoms with E-state index >= 15 is 0 Å². The molecule has 0 radical (unpaired) electrons. The van der Waals surface area contributed by atoms with Crippen LogP contribution in [0.1, 0.15) is 18.1 Å². The molecule has 11 heteroatoms. The summed E-state index contributed by atoms with van der Waals surface area (Å²) in [5.41, 5.74) is 0.572. The summed E-state index contributed by atoms with van der Waals surface area (Å²) in [6.45, 7) is 1.34. The Hall–Kier alpha value is -3.86. The van der Waals surface area contributed by atoms with Crippen molar-refractivity contribution in [3.63, 3.8) is 0 Å². The van der Waals surface area contributed by atoms with Gasteiger partial charge >= 0.3 is 5.97 Å². The number of esters is 1. The number of nitro benzene ring substituents is 1. The number of nitro groups is 1. The van der Waals surface area contributed by atoms with Gasteiger partial charge in [0, 0.05) is 0 Å². The first kappa shape index (κ1) is 23.8. The fourth-order valence-corrected chi connectivity index (χ4v) is 3.79. The molecular weight excluding hydrogens is 452 g/mol. The molecule has 1 fully saturated rings. The Morgan fingerprint density at radius 3 is 2.55 bits per heavy atom. The lowest BCUT2D eigenvalue weighted by Gasteiger charge is -2.12. The normalized spacial score (nSPS) is 14.5. The number of carbonyl (C=O) groups excluding carboxylic acids is 3. The summed E-state index contributed by atoms with van der Waals surface area (Å²) in [6.07, 6.45) is 1.22. The van der Waals surface area contributed by atoms with Crippen LogP contribution in [0.25, 0.3) is 6.08 Å². The zero-order chi connectivity index (χ0) is 24.0. The van der Waals surface area contributed by atoms with Crippen molar-refractivity contribution < 1.29 is 33.5 Å². The van der Waals surface area contributed by atoms with Gasteiger partial charge in [-0.05, 0) is 36.4 Å². The van der Waals surface area contributed by atoms with Crippen LogP contribution in [0.2, 0.25) is 0 Å². The average Bonchev–Trinajstić information content (AvgIpc) is 3.05. The van der Waals surface area contributed by atoms with E-state index < -0.39 is 28.6 Å². The molecule has 3 rings (SSSR count). The number of rotatable bonds is 9. The second-order valence-electron chi connectivity index (χ2n) is 6.67. The van der Waals surface area contributed by atoms with Gasteiger partial charge in [-0.25, -0.2) is 0 Å². The number of nitrogens with zero attached hydrogens (tertiary/aromatic N) is 2. The van der Waals surface area contributed by atoms with E-state index in [4.69, 9.17) is 14.2 Å². The largest absolute Gasteiger partial charge is 0.493 e. The maximum Gasteiger partial charge on any atom is 0.326 e. The van der Waals surface area contributed by atoms with Gasteiger partial charge in [0.2, 0.25) is 0 Å². The summed E-state index contributed by atoms with van der Waals surface area (Å²) in [5.74, 6) is -1.10. The Kier molecular flexibility index (Phi) is 7.67. The van der Waals surface area contributed by atoms with Crippen molar-refractivity contribution in [2.24, 2.45) is 0 Å². The predicted molar refractivity (Wildman–Crippen MR) is 120 cm³/mol. The number of methoxy groups -OCH3 is 1. The molecule has 0 aliphatic carbocycles. The van der Waals surface area contributed by atoms with Crippen LogP contribution < -0.4 is 9.47 Å². The Balaban J connectivity index is 1.90. The Labute approximate surface area is 193 Å². The van der Waals surface area contributed by atoms with E-state index in [0.29, 0.717) is 11.8 Å². The molecule has 0 spiro atoms. The van der Waals surface area contributed by atoms with Gasteiger partial charge < -0.3 is 14.2 Å². The van der Waals surface area contributed by atoms with Crippen molar-refractivity contribution in [1.82, 2.24) is 4.90 Å². The monoisotopic (exact) mass is 472 g/mol. The highest BCUT2D eigenvalue weighted by Crippen LogP contribution is 2.39. The SMILES string of the molecule is CCOC(=O)CN1C(=O)S/C(=C\c2cc(OC)c(OCc3ccccc3)cc2[N+](=O)[O-])C1=O. The number of amides is 2. The average molecular weight is 472 g/mol. The van der Waals surface area contributed by atoms with Crippen molar-refractivity contribution >= 4 is 40.6 Å². The molecule has 2 aromatic rings. The van der Waals surface area contributed by atoms with Gasteiger partial charge in [0.1, 0.15) is 13.2 Å². The molecule has 0 unspecified atom stereocenters. The predicted octanol–water partition coefficient (Wildman–Crippen LogP) is 3.78. The van der Waals surface area contributed by atoms with Crippen LogP contribution in [0.4, 0.5) is 10.5 Å². The number of hydrogen-bond acceptors (Lipinski definition) is 9. The van der Waals surface area contributed by atoms with E-state index in [1.807, 2.05) is 30.3 Å². The number of carbonyl (C=O) groups is 3. The minimum atomic E-state index is -0.740. The number of ether oxygens (including phenoxy) is 3. The molecule has 1 aliphatic rings. The van der Waals surface area contributed by atoms with Crippen molar-refractivity contribution in [2.75, 3.05) is 20.3 Å². The summed E-state index contributed by atoms with van der Waals surface area (Å²) < 4.78 is 15.8. The zero-order valence-corrected chi connectivity index (χ0v) is 18.6. The summed E-state index contributed by atoms with van der Waals surface area (Å²) in [4.78, 5) is 48.2. The second-order valence-corrected chi connectivity index (χ2v) is 7.66. The van der Waals surface area contributed by atoms with E-state index in [-0.39, 0.29) is 40.9 Å². The van der Waals surface area contributed by atoms with Crippen LogP contribution in [0.3, 0.4) is 0 Å². The number of thioether (sulfide) groups is 1. The molecule has 0 saturated carbocycles. The van der Waals surface area contributed by atoms with E-state index in [0.717, 1.165) is 10.5 Å². The molecule has 0 N–H and O–H groups in total. The van der Waals surface area contributed by atoms with Crippen LogP contribution in [-0.2, 0) is 20.9 Å². The van der Waals surface area contributed by atoms with Gasteiger partial charge in [0.15, 0.2) is 11.5 Å². The van der Waals surface area contributed by atoms with Crippen LogP contribution in [0.5, 0.6) is 11.5 Å². The first-order valence-corrected chi connectivity index (χ1v) is 10.6. The maximum atomic E-state index is 12.6. The molecule has 1 heterocycles. The zero-order valence-electron chi connectivity index (χ0n) is 17.8. The van der Waals surface area contributed by atoms with Crippen LogP contribution in [0.15, 0.2) is 47.4 Å². The van der Waals surface area contributed by atoms with Crippen LogP contribution in [0, 0.1) is 10.1 Å². The Morgan fingerprint density at radius 2 is 1.91 bits per heavy atom. The summed E-state index contributed by atoms with van der Waals surface area (Å²) in [7, 11) is 1.38. The summed E-state index contributed by atoms with van der Waals surface area (Å²) in [6, 6.07) is 11.8. The molecule has 172 valence electrons. The maximum absolute atomic E-state index is 12.6. The second kappa shape index (κ2) is 10.6. The molecule has 33 heavy (non-hydrogen) atoms. The smallest absolute Gasteiger partial charge is 0.326 e. The van der Waals surface area contributed by atoms with E-state index in [1.54, 1.807) is 6.92 Å². The Bertz CT molecular complexity index is 1120. The van der Waals surface area contributed by atoms with Gasteiger partial charge in [-0.1, -0.05) is 30.3 Å². The summed E-state index contributed by atoms with van der Waals surface area (Å²) >= 11 is 0.578. The van der Waals surface area contributed by atoms with E-state index in [1.165, 1.54) is 25.3 Å². The standard InChI is InChI=1S/C22H20N2O8S/c1-3-31-20(25)12-23-21(26)19(33-22(23)27)10-15-9-17(30-2)18(11-16(15)24(28)29)32-13-14-7-5-4-6-8-14/h4-11H,3,12-13H2,1-2H3/b19-10-. The van der Waals surface area contributed by atoms with E-state index in [2.05, 4.69) is 0 Å². The minimum Gasteiger partial charge on any atom is -0.493 e. The summed E-state index contributed by atoms with van der Waals surface area (Å²) in [5, 5.41) is 11.0. The molecule has 0 atom stereocenters. The molecular formula is C22H20N2O8S. The lowest BCUT2D eigenvalue weighted by molar-refractivity contribution is -0.385. The minimum absolute atomic E-state index is 0.0468. The first-order valence-electron chi connectivity index (χ1n) is 9.78.